The number of aryl methyl sites for hydroxylation is 2. The summed E-state index contributed by atoms with van der Waals surface area (Å²) in [4.78, 5) is 4.71. The van der Waals surface area contributed by atoms with Gasteiger partial charge in [0, 0.05) is 10.9 Å². The molecule has 0 radical (unpaired) electrons. The van der Waals surface area contributed by atoms with E-state index in [1.54, 1.807) is 11.3 Å². The van der Waals surface area contributed by atoms with Crippen LogP contribution in [0.1, 0.15) is 28.8 Å². The molecule has 2 N–H and O–H groups in total. The highest BCUT2D eigenvalue weighted by Crippen LogP contribution is 2.30. The van der Waals surface area contributed by atoms with Crippen LogP contribution in [0, 0.1) is 20.8 Å². The maximum absolute atomic E-state index is 5.53. The lowest BCUT2D eigenvalue weighted by Gasteiger charge is -2.08. The summed E-state index contributed by atoms with van der Waals surface area (Å²) in [5, 5.41) is 3.28. The quantitative estimate of drug-likeness (QED) is 0.911. The predicted molar refractivity (Wildman–Crippen MR) is 79.1 cm³/mol. The summed E-state index contributed by atoms with van der Waals surface area (Å²) in [6, 6.07) is 4.36. The SMILES string of the molecule is Cc1ccc(-c2nc(CCCN)cs2)c(C)c1C. The maximum Gasteiger partial charge on any atom is 0.123 e. The van der Waals surface area contributed by atoms with Crippen LogP contribution in [0.25, 0.3) is 10.6 Å². The van der Waals surface area contributed by atoms with Crippen LogP contribution >= 0.6 is 11.3 Å². The molecule has 0 saturated heterocycles. The smallest absolute Gasteiger partial charge is 0.123 e. The molecule has 0 fully saturated rings. The molecule has 3 heteroatoms. The molecule has 1 aromatic heterocycles. The van der Waals surface area contributed by atoms with E-state index in [1.165, 1.54) is 22.3 Å². The summed E-state index contributed by atoms with van der Waals surface area (Å²) < 4.78 is 0. The minimum absolute atomic E-state index is 0.732. The molecule has 0 aliphatic heterocycles. The zero-order valence-corrected chi connectivity index (χ0v) is 12.1. The van der Waals surface area contributed by atoms with Crippen molar-refractivity contribution in [2.75, 3.05) is 6.54 Å². The number of nitrogens with zero attached hydrogens (tertiary/aromatic N) is 1. The van der Waals surface area contributed by atoms with Gasteiger partial charge in [0.15, 0.2) is 0 Å². The molecule has 0 atom stereocenters. The second-order valence-electron chi connectivity index (χ2n) is 4.72. The average molecular weight is 260 g/mol. The second kappa shape index (κ2) is 5.63. The molecule has 0 bridgehead atoms. The highest BCUT2D eigenvalue weighted by Gasteiger charge is 2.09. The molecule has 2 rings (SSSR count). The third kappa shape index (κ3) is 2.62. The lowest BCUT2D eigenvalue weighted by Crippen LogP contribution is -2.00. The lowest BCUT2D eigenvalue weighted by molar-refractivity contribution is 0.816. The summed E-state index contributed by atoms with van der Waals surface area (Å²) in [6.45, 7) is 7.24. The molecule has 0 saturated carbocycles. The van der Waals surface area contributed by atoms with Crippen molar-refractivity contribution in [2.45, 2.75) is 33.6 Å². The van der Waals surface area contributed by atoms with Crippen molar-refractivity contribution in [3.05, 3.63) is 39.9 Å². The molecule has 18 heavy (non-hydrogen) atoms. The Balaban J connectivity index is 2.31. The second-order valence-corrected chi connectivity index (χ2v) is 5.57. The third-order valence-corrected chi connectivity index (χ3v) is 4.40. The first kappa shape index (κ1) is 13.2. The number of nitrogens with two attached hydrogens (primary N) is 1. The van der Waals surface area contributed by atoms with Gasteiger partial charge in [-0.15, -0.1) is 11.3 Å². The van der Waals surface area contributed by atoms with Crippen LogP contribution in [0.5, 0.6) is 0 Å². The van der Waals surface area contributed by atoms with Gasteiger partial charge in [-0.2, -0.15) is 0 Å². The van der Waals surface area contributed by atoms with E-state index in [0.717, 1.165) is 30.1 Å². The molecule has 0 aliphatic rings. The minimum Gasteiger partial charge on any atom is -0.330 e. The number of aromatic nitrogens is 1. The fourth-order valence-corrected chi connectivity index (χ4v) is 2.95. The lowest BCUT2D eigenvalue weighted by atomic mass is 9.99. The maximum atomic E-state index is 5.53. The molecular formula is C15H20N2S. The van der Waals surface area contributed by atoms with E-state index in [4.69, 9.17) is 10.7 Å². The Morgan fingerprint density at radius 3 is 2.67 bits per heavy atom. The average Bonchev–Trinajstić information content (AvgIpc) is 2.82. The fourth-order valence-electron chi connectivity index (χ4n) is 2.02. The molecule has 2 nitrogen and oxygen atoms in total. The molecule has 0 amide bonds. The first-order chi connectivity index (χ1) is 8.63. The largest absolute Gasteiger partial charge is 0.330 e. The monoisotopic (exact) mass is 260 g/mol. The normalized spacial score (nSPS) is 10.9. The Hall–Kier alpha value is -1.19. The van der Waals surface area contributed by atoms with E-state index < -0.39 is 0 Å². The van der Waals surface area contributed by atoms with Crippen LogP contribution in [0.2, 0.25) is 0 Å². The first-order valence-electron chi connectivity index (χ1n) is 6.35. The van der Waals surface area contributed by atoms with Crippen LogP contribution in [-0.2, 0) is 6.42 Å². The van der Waals surface area contributed by atoms with E-state index >= 15 is 0 Å². The van der Waals surface area contributed by atoms with E-state index in [9.17, 15) is 0 Å². The molecule has 1 heterocycles. The number of rotatable bonds is 4. The van der Waals surface area contributed by atoms with Crippen molar-refractivity contribution >= 4 is 11.3 Å². The molecule has 0 aliphatic carbocycles. The Bertz CT molecular complexity index is 543. The van der Waals surface area contributed by atoms with Crippen molar-refractivity contribution in [3.63, 3.8) is 0 Å². The topological polar surface area (TPSA) is 38.9 Å². The Kier molecular flexibility index (Phi) is 4.15. The molecule has 0 unspecified atom stereocenters. The summed E-state index contributed by atoms with van der Waals surface area (Å²) in [7, 11) is 0. The number of hydrogen-bond donors (Lipinski definition) is 1. The van der Waals surface area contributed by atoms with Gasteiger partial charge < -0.3 is 5.73 Å². The molecule has 1 aromatic carbocycles. The van der Waals surface area contributed by atoms with Gasteiger partial charge >= 0.3 is 0 Å². The highest BCUT2D eigenvalue weighted by atomic mass is 32.1. The molecule has 0 spiro atoms. The zero-order chi connectivity index (χ0) is 13.1. The van der Waals surface area contributed by atoms with E-state index in [0.29, 0.717) is 0 Å². The molecular weight excluding hydrogens is 240 g/mol. The van der Waals surface area contributed by atoms with Gasteiger partial charge in [-0.1, -0.05) is 12.1 Å². The van der Waals surface area contributed by atoms with Gasteiger partial charge in [0.05, 0.1) is 5.69 Å². The number of benzene rings is 1. The summed E-state index contributed by atoms with van der Waals surface area (Å²) in [5.41, 5.74) is 12.0. The minimum atomic E-state index is 0.732. The highest BCUT2D eigenvalue weighted by molar-refractivity contribution is 7.13. The van der Waals surface area contributed by atoms with E-state index in [1.807, 2.05) is 0 Å². The van der Waals surface area contributed by atoms with Crippen molar-refractivity contribution in [1.82, 2.24) is 4.98 Å². The Labute approximate surface area is 113 Å². The van der Waals surface area contributed by atoms with Crippen molar-refractivity contribution < 1.29 is 0 Å². The van der Waals surface area contributed by atoms with Crippen LogP contribution in [0.4, 0.5) is 0 Å². The summed E-state index contributed by atoms with van der Waals surface area (Å²) in [6.07, 6.45) is 1.99. The van der Waals surface area contributed by atoms with Gasteiger partial charge in [-0.3, -0.25) is 0 Å². The number of hydrogen-bond acceptors (Lipinski definition) is 3. The predicted octanol–water partition coefficient (Wildman–Crippen LogP) is 3.63. The first-order valence-corrected chi connectivity index (χ1v) is 7.23. The molecule has 96 valence electrons. The Morgan fingerprint density at radius 2 is 1.94 bits per heavy atom. The summed E-state index contributed by atoms with van der Waals surface area (Å²) >= 11 is 1.73. The van der Waals surface area contributed by atoms with Crippen molar-refractivity contribution in [3.8, 4) is 10.6 Å². The van der Waals surface area contributed by atoms with E-state index in [-0.39, 0.29) is 0 Å². The zero-order valence-electron chi connectivity index (χ0n) is 11.3. The van der Waals surface area contributed by atoms with Crippen LogP contribution in [0.3, 0.4) is 0 Å². The van der Waals surface area contributed by atoms with Gasteiger partial charge in [0.25, 0.3) is 0 Å². The summed E-state index contributed by atoms with van der Waals surface area (Å²) in [5.74, 6) is 0. The van der Waals surface area contributed by atoms with Gasteiger partial charge in [0.2, 0.25) is 0 Å². The molecule has 2 aromatic rings. The standard InChI is InChI=1S/C15H20N2S/c1-10-6-7-14(12(3)11(10)2)15-17-13(9-18-15)5-4-8-16/h6-7,9H,4-5,8,16H2,1-3H3. The van der Waals surface area contributed by atoms with Crippen molar-refractivity contribution in [1.29, 1.82) is 0 Å². The Morgan fingerprint density at radius 1 is 1.17 bits per heavy atom. The van der Waals surface area contributed by atoms with Gasteiger partial charge in [-0.05, 0) is 56.8 Å². The van der Waals surface area contributed by atoms with Crippen LogP contribution in [0.15, 0.2) is 17.5 Å². The van der Waals surface area contributed by atoms with Crippen LogP contribution in [-0.4, -0.2) is 11.5 Å². The third-order valence-electron chi connectivity index (χ3n) is 3.48. The van der Waals surface area contributed by atoms with Crippen LogP contribution < -0.4 is 5.73 Å². The van der Waals surface area contributed by atoms with Gasteiger partial charge in [-0.25, -0.2) is 4.98 Å². The van der Waals surface area contributed by atoms with E-state index in [2.05, 4.69) is 38.3 Å². The fraction of sp³-hybridized carbons (Fsp3) is 0.400. The van der Waals surface area contributed by atoms with Gasteiger partial charge in [0.1, 0.15) is 5.01 Å². The van der Waals surface area contributed by atoms with Crippen molar-refractivity contribution in [2.24, 2.45) is 5.73 Å². The number of thiazole rings is 1.